The van der Waals surface area contributed by atoms with E-state index >= 15 is 0 Å². The lowest BCUT2D eigenvalue weighted by Crippen LogP contribution is -2.05. The van der Waals surface area contributed by atoms with Crippen LogP contribution in [0.3, 0.4) is 0 Å². The molecule has 0 radical (unpaired) electrons. The summed E-state index contributed by atoms with van der Waals surface area (Å²) >= 11 is 7.21. The highest BCUT2D eigenvalue weighted by Gasteiger charge is 2.07. The van der Waals surface area contributed by atoms with Crippen molar-refractivity contribution in [3.63, 3.8) is 0 Å². The normalized spacial score (nSPS) is 10.2. The van der Waals surface area contributed by atoms with Gasteiger partial charge in [0.15, 0.2) is 5.15 Å². The van der Waals surface area contributed by atoms with E-state index in [9.17, 15) is 4.79 Å². The number of rotatable bonds is 3. The SMILES string of the molecule is CC(=O)Nc1ccc(Sc2ncnc(Cl)c2N)cc1. The Morgan fingerprint density at radius 1 is 1.32 bits per heavy atom. The molecule has 0 atom stereocenters. The molecule has 1 aromatic carbocycles. The van der Waals surface area contributed by atoms with Crippen LogP contribution in [0.4, 0.5) is 11.4 Å². The first-order valence-corrected chi connectivity index (χ1v) is 6.57. The number of nitrogen functional groups attached to an aromatic ring is 1. The molecule has 1 amide bonds. The summed E-state index contributed by atoms with van der Waals surface area (Å²) in [7, 11) is 0. The molecule has 0 spiro atoms. The molecule has 0 aliphatic rings. The van der Waals surface area contributed by atoms with Crippen LogP contribution in [0.2, 0.25) is 5.15 Å². The molecule has 0 saturated carbocycles. The van der Waals surface area contributed by atoms with Crippen molar-refractivity contribution in [2.45, 2.75) is 16.8 Å². The van der Waals surface area contributed by atoms with E-state index in [4.69, 9.17) is 17.3 Å². The van der Waals surface area contributed by atoms with E-state index in [1.165, 1.54) is 25.0 Å². The van der Waals surface area contributed by atoms with Gasteiger partial charge in [0, 0.05) is 17.5 Å². The van der Waals surface area contributed by atoms with Gasteiger partial charge in [-0.1, -0.05) is 23.4 Å². The number of carbonyl (C=O) groups is 1. The van der Waals surface area contributed by atoms with Gasteiger partial charge in [-0.25, -0.2) is 9.97 Å². The second-order valence-corrected chi connectivity index (χ2v) is 5.11. The molecule has 1 heterocycles. The van der Waals surface area contributed by atoms with E-state index in [-0.39, 0.29) is 11.1 Å². The first-order chi connectivity index (χ1) is 9.06. The third kappa shape index (κ3) is 3.59. The highest BCUT2D eigenvalue weighted by Crippen LogP contribution is 2.33. The molecule has 98 valence electrons. The Labute approximate surface area is 119 Å². The molecule has 0 bridgehead atoms. The zero-order valence-electron chi connectivity index (χ0n) is 10.1. The van der Waals surface area contributed by atoms with Gasteiger partial charge in [0.2, 0.25) is 5.91 Å². The van der Waals surface area contributed by atoms with Crippen molar-refractivity contribution >= 4 is 40.6 Å². The van der Waals surface area contributed by atoms with Crippen LogP contribution in [-0.4, -0.2) is 15.9 Å². The Morgan fingerprint density at radius 2 is 2.00 bits per heavy atom. The average Bonchev–Trinajstić information content (AvgIpc) is 2.37. The Hall–Kier alpha value is -1.79. The summed E-state index contributed by atoms with van der Waals surface area (Å²) in [5.41, 5.74) is 6.89. The molecular weight excluding hydrogens is 284 g/mol. The Kier molecular flexibility index (Phi) is 4.24. The van der Waals surface area contributed by atoms with E-state index in [0.717, 1.165) is 10.6 Å². The molecule has 0 unspecified atom stereocenters. The monoisotopic (exact) mass is 294 g/mol. The van der Waals surface area contributed by atoms with Gasteiger partial charge >= 0.3 is 0 Å². The van der Waals surface area contributed by atoms with Crippen molar-refractivity contribution in [3.05, 3.63) is 35.7 Å². The first kappa shape index (κ1) is 13.6. The van der Waals surface area contributed by atoms with Crippen molar-refractivity contribution in [1.82, 2.24) is 9.97 Å². The first-order valence-electron chi connectivity index (χ1n) is 5.38. The molecule has 3 N–H and O–H groups in total. The number of nitrogens with two attached hydrogens (primary N) is 1. The van der Waals surface area contributed by atoms with Gasteiger partial charge in [0.1, 0.15) is 17.0 Å². The maximum absolute atomic E-state index is 10.9. The number of amides is 1. The summed E-state index contributed by atoms with van der Waals surface area (Å²) in [6, 6.07) is 7.35. The average molecular weight is 295 g/mol. The molecular formula is C12H11ClN4OS. The van der Waals surface area contributed by atoms with Crippen LogP contribution in [0.15, 0.2) is 40.5 Å². The van der Waals surface area contributed by atoms with Gasteiger partial charge in [-0.3, -0.25) is 4.79 Å². The number of carbonyl (C=O) groups excluding carboxylic acids is 1. The summed E-state index contributed by atoms with van der Waals surface area (Å²) in [5.74, 6) is -0.104. The topological polar surface area (TPSA) is 80.9 Å². The standard InChI is InChI=1S/C12H11ClN4OS/c1-7(18)17-8-2-4-9(5-3-8)19-12-10(14)11(13)15-6-16-12/h2-6H,14H2,1H3,(H,17,18). The number of hydrogen-bond acceptors (Lipinski definition) is 5. The van der Waals surface area contributed by atoms with Crippen LogP contribution in [0.1, 0.15) is 6.92 Å². The van der Waals surface area contributed by atoms with Crippen LogP contribution in [0.5, 0.6) is 0 Å². The van der Waals surface area contributed by atoms with Crippen molar-refractivity contribution in [2.75, 3.05) is 11.1 Å². The number of anilines is 2. The fraction of sp³-hybridized carbons (Fsp3) is 0.0833. The predicted octanol–water partition coefficient (Wildman–Crippen LogP) is 2.82. The predicted molar refractivity (Wildman–Crippen MR) is 76.3 cm³/mol. The lowest BCUT2D eigenvalue weighted by atomic mass is 10.3. The van der Waals surface area contributed by atoms with E-state index in [1.54, 1.807) is 0 Å². The zero-order chi connectivity index (χ0) is 13.8. The summed E-state index contributed by atoms with van der Waals surface area (Å²) in [5, 5.41) is 3.54. The smallest absolute Gasteiger partial charge is 0.221 e. The van der Waals surface area contributed by atoms with Crippen molar-refractivity contribution in [3.8, 4) is 0 Å². The van der Waals surface area contributed by atoms with E-state index < -0.39 is 0 Å². The lowest BCUT2D eigenvalue weighted by molar-refractivity contribution is -0.114. The third-order valence-electron chi connectivity index (χ3n) is 2.19. The van der Waals surface area contributed by atoms with Crippen LogP contribution in [-0.2, 0) is 4.79 Å². The molecule has 0 saturated heterocycles. The number of aromatic nitrogens is 2. The van der Waals surface area contributed by atoms with Crippen molar-refractivity contribution < 1.29 is 4.79 Å². The fourth-order valence-electron chi connectivity index (χ4n) is 1.36. The van der Waals surface area contributed by atoms with Gasteiger partial charge in [0.05, 0.1) is 0 Å². The molecule has 0 fully saturated rings. The summed E-state index contributed by atoms with van der Waals surface area (Å²) in [6.45, 7) is 1.46. The van der Waals surface area contributed by atoms with Crippen LogP contribution in [0.25, 0.3) is 0 Å². The van der Waals surface area contributed by atoms with Crippen LogP contribution in [0, 0.1) is 0 Å². The largest absolute Gasteiger partial charge is 0.394 e. The van der Waals surface area contributed by atoms with Gasteiger partial charge < -0.3 is 11.1 Å². The lowest BCUT2D eigenvalue weighted by Gasteiger charge is -2.06. The molecule has 5 nitrogen and oxygen atoms in total. The third-order valence-corrected chi connectivity index (χ3v) is 3.52. The molecule has 0 aliphatic heterocycles. The minimum absolute atomic E-state index is 0.104. The van der Waals surface area contributed by atoms with Crippen LogP contribution >= 0.6 is 23.4 Å². The minimum atomic E-state index is -0.104. The van der Waals surface area contributed by atoms with Gasteiger partial charge in [-0.2, -0.15) is 0 Å². The zero-order valence-corrected chi connectivity index (χ0v) is 11.6. The number of nitrogens with one attached hydrogen (secondary N) is 1. The molecule has 1 aromatic heterocycles. The number of hydrogen-bond donors (Lipinski definition) is 2. The molecule has 19 heavy (non-hydrogen) atoms. The Bertz CT molecular complexity index is 603. The molecule has 7 heteroatoms. The number of nitrogens with zero attached hydrogens (tertiary/aromatic N) is 2. The Morgan fingerprint density at radius 3 is 2.63 bits per heavy atom. The number of benzene rings is 1. The highest BCUT2D eigenvalue weighted by molar-refractivity contribution is 7.99. The Balaban J connectivity index is 2.15. The maximum Gasteiger partial charge on any atom is 0.221 e. The summed E-state index contributed by atoms with van der Waals surface area (Å²) in [6.07, 6.45) is 1.37. The van der Waals surface area contributed by atoms with E-state index in [0.29, 0.717) is 10.7 Å². The van der Waals surface area contributed by atoms with E-state index in [2.05, 4.69) is 15.3 Å². The van der Waals surface area contributed by atoms with Crippen molar-refractivity contribution in [2.24, 2.45) is 0 Å². The highest BCUT2D eigenvalue weighted by atomic mass is 35.5. The summed E-state index contributed by atoms with van der Waals surface area (Å²) in [4.78, 5) is 19.7. The minimum Gasteiger partial charge on any atom is -0.394 e. The van der Waals surface area contributed by atoms with Gasteiger partial charge in [-0.15, -0.1) is 0 Å². The molecule has 2 aromatic rings. The summed E-state index contributed by atoms with van der Waals surface area (Å²) < 4.78 is 0. The van der Waals surface area contributed by atoms with E-state index in [1.807, 2.05) is 24.3 Å². The van der Waals surface area contributed by atoms with Crippen molar-refractivity contribution in [1.29, 1.82) is 0 Å². The van der Waals surface area contributed by atoms with Gasteiger partial charge in [0.25, 0.3) is 0 Å². The number of halogens is 1. The quantitative estimate of drug-likeness (QED) is 0.851. The second kappa shape index (κ2) is 5.90. The maximum atomic E-state index is 10.9. The fourth-order valence-corrected chi connectivity index (χ4v) is 2.35. The van der Waals surface area contributed by atoms with Gasteiger partial charge in [-0.05, 0) is 24.3 Å². The second-order valence-electron chi connectivity index (χ2n) is 3.69. The molecule has 2 rings (SSSR count). The van der Waals surface area contributed by atoms with Crippen LogP contribution < -0.4 is 11.1 Å². The molecule has 0 aliphatic carbocycles.